The van der Waals surface area contributed by atoms with Crippen molar-refractivity contribution in [1.82, 2.24) is 3.22 Å². The molecule has 0 radical (unpaired) electrons. The van der Waals surface area contributed by atoms with Gasteiger partial charge in [-0.15, -0.1) is 0 Å². The van der Waals surface area contributed by atoms with Crippen molar-refractivity contribution in [3.05, 3.63) is 23.8 Å². The molecule has 2 N–H and O–H groups in total. The second-order valence-electron chi connectivity index (χ2n) is 3.32. The molecule has 106 valence electrons. The van der Waals surface area contributed by atoms with Gasteiger partial charge in [0.15, 0.2) is 11.6 Å². The summed E-state index contributed by atoms with van der Waals surface area (Å²) < 4.78 is 64.3. The van der Waals surface area contributed by atoms with Crippen molar-refractivity contribution in [3.63, 3.8) is 0 Å². The van der Waals surface area contributed by atoms with Crippen molar-refractivity contribution in [2.45, 2.75) is 6.18 Å². The van der Waals surface area contributed by atoms with Crippen LogP contribution in [-0.2, 0) is 4.79 Å². The molecule has 4 nitrogen and oxygen atoms in total. The Balaban J connectivity index is 3.07. The number of amides is 1. The minimum atomic E-state index is -5.16. The maximum atomic E-state index is 13.7. The van der Waals surface area contributed by atoms with Crippen molar-refractivity contribution < 1.29 is 26.7 Å². The highest BCUT2D eigenvalue weighted by atomic mass is 127. The fourth-order valence-electron chi connectivity index (χ4n) is 1.10. The lowest BCUT2D eigenvalue weighted by Crippen LogP contribution is -2.30. The van der Waals surface area contributed by atoms with Crippen molar-refractivity contribution in [2.24, 2.45) is 0 Å². The van der Waals surface area contributed by atoms with E-state index in [2.05, 4.69) is 5.43 Å². The molecule has 1 aromatic carbocycles. The molecule has 1 rings (SSSR count). The van der Waals surface area contributed by atoms with Crippen LogP contribution < -0.4 is 10.7 Å². The highest BCUT2D eigenvalue weighted by molar-refractivity contribution is 14.1. The number of carbonyl (C=O) groups excluding carboxylic acids is 1. The van der Waals surface area contributed by atoms with E-state index in [0.717, 1.165) is 9.29 Å². The standard InChI is InChI=1S/C9H7F5IN3O/c1-18(15)17-7-4(10)2-3-5(6(7)11)16-8(19)9(12,13)14/h2-3,17H,1H3,(H,16,19). The Hall–Kier alpha value is -1.17. The van der Waals surface area contributed by atoms with Gasteiger partial charge in [-0.25, -0.2) is 8.78 Å². The monoisotopic (exact) mass is 395 g/mol. The van der Waals surface area contributed by atoms with Crippen LogP contribution in [0.15, 0.2) is 12.1 Å². The number of halogens is 6. The predicted molar refractivity (Wildman–Crippen MR) is 66.4 cm³/mol. The molecule has 0 aliphatic rings. The number of hydrogen-bond donors (Lipinski definition) is 2. The number of hydrazine groups is 1. The average molecular weight is 395 g/mol. The first-order chi connectivity index (χ1) is 8.62. The molecule has 0 unspecified atom stereocenters. The summed E-state index contributed by atoms with van der Waals surface area (Å²) in [4.78, 5) is 10.7. The van der Waals surface area contributed by atoms with Gasteiger partial charge < -0.3 is 10.7 Å². The number of nitrogens with one attached hydrogen (secondary N) is 2. The van der Waals surface area contributed by atoms with Crippen LogP contribution in [0.25, 0.3) is 0 Å². The molecule has 0 heterocycles. The van der Waals surface area contributed by atoms with Gasteiger partial charge in [0, 0.05) is 29.9 Å². The van der Waals surface area contributed by atoms with Crippen LogP contribution in [0.1, 0.15) is 0 Å². The van der Waals surface area contributed by atoms with Gasteiger partial charge in [0.2, 0.25) is 0 Å². The number of hydrogen-bond acceptors (Lipinski definition) is 3. The molecule has 0 aliphatic heterocycles. The Kier molecular flexibility index (Phi) is 4.90. The first-order valence-electron chi connectivity index (χ1n) is 4.65. The van der Waals surface area contributed by atoms with E-state index in [9.17, 15) is 26.7 Å². The van der Waals surface area contributed by atoms with Crippen LogP contribution in [0.5, 0.6) is 0 Å². The Morgan fingerprint density at radius 3 is 2.37 bits per heavy atom. The number of anilines is 2. The maximum Gasteiger partial charge on any atom is 0.471 e. The Morgan fingerprint density at radius 1 is 1.32 bits per heavy atom. The summed E-state index contributed by atoms with van der Waals surface area (Å²) in [5.74, 6) is -4.68. The van der Waals surface area contributed by atoms with Crippen LogP contribution in [0, 0.1) is 11.6 Å². The summed E-state index contributed by atoms with van der Waals surface area (Å²) in [7, 11) is 1.42. The Labute approximate surface area is 118 Å². The van der Waals surface area contributed by atoms with Gasteiger partial charge in [-0.1, -0.05) is 0 Å². The minimum absolute atomic E-state index is 0.670. The zero-order chi connectivity index (χ0) is 14.8. The van der Waals surface area contributed by atoms with Crippen LogP contribution in [0.4, 0.5) is 33.3 Å². The summed E-state index contributed by atoms with van der Waals surface area (Å²) in [5.41, 5.74) is 0.788. The lowest BCUT2D eigenvalue weighted by atomic mass is 10.2. The number of benzene rings is 1. The molecule has 1 amide bonds. The van der Waals surface area contributed by atoms with E-state index >= 15 is 0 Å². The van der Waals surface area contributed by atoms with Gasteiger partial charge in [-0.3, -0.25) is 4.79 Å². The highest BCUT2D eigenvalue weighted by Gasteiger charge is 2.39. The molecule has 10 heteroatoms. The minimum Gasteiger partial charge on any atom is -0.316 e. The van der Waals surface area contributed by atoms with Crippen molar-refractivity contribution in [3.8, 4) is 0 Å². The normalized spacial score (nSPS) is 11.6. The molecule has 1 aromatic rings. The van der Waals surface area contributed by atoms with E-state index in [-0.39, 0.29) is 0 Å². The average Bonchev–Trinajstić information content (AvgIpc) is 2.26. The lowest BCUT2D eigenvalue weighted by Gasteiger charge is -2.15. The molecule has 0 atom stereocenters. The molecular weight excluding hydrogens is 388 g/mol. The summed E-state index contributed by atoms with van der Waals surface area (Å²) >= 11 is 1.65. The largest absolute Gasteiger partial charge is 0.471 e. The van der Waals surface area contributed by atoms with E-state index in [4.69, 9.17) is 0 Å². The molecule has 0 saturated carbocycles. The molecule has 0 saturated heterocycles. The molecule has 19 heavy (non-hydrogen) atoms. The second-order valence-corrected chi connectivity index (χ2v) is 4.77. The third-order valence-electron chi connectivity index (χ3n) is 1.86. The maximum absolute atomic E-state index is 13.7. The molecule has 0 fully saturated rings. The van der Waals surface area contributed by atoms with Gasteiger partial charge in [0.05, 0.1) is 5.69 Å². The number of alkyl halides is 3. The van der Waals surface area contributed by atoms with Crippen molar-refractivity contribution >= 4 is 40.1 Å². The SMILES string of the molecule is CN(I)Nc1c(F)ccc(NC(=O)C(F)(F)F)c1F. The quantitative estimate of drug-likeness (QED) is 0.358. The van der Waals surface area contributed by atoms with Gasteiger partial charge in [-0.2, -0.15) is 16.4 Å². The van der Waals surface area contributed by atoms with E-state index < -0.39 is 35.1 Å². The van der Waals surface area contributed by atoms with Crippen LogP contribution in [-0.4, -0.2) is 22.4 Å². The first kappa shape index (κ1) is 15.9. The fourth-order valence-corrected chi connectivity index (χ4v) is 1.34. The van der Waals surface area contributed by atoms with Crippen LogP contribution in [0.3, 0.4) is 0 Å². The summed E-state index contributed by atoms with van der Waals surface area (Å²) in [6.45, 7) is 0. The third-order valence-corrected chi connectivity index (χ3v) is 2.10. The molecule has 0 bridgehead atoms. The van der Waals surface area contributed by atoms with Crippen LogP contribution >= 0.6 is 22.9 Å². The number of carbonyl (C=O) groups is 1. The summed E-state index contributed by atoms with van der Waals surface area (Å²) in [6.07, 6.45) is -5.16. The molecular formula is C9H7F5IN3O. The third kappa shape index (κ3) is 4.16. The van der Waals surface area contributed by atoms with E-state index in [0.29, 0.717) is 6.07 Å². The van der Waals surface area contributed by atoms with Crippen LogP contribution in [0.2, 0.25) is 0 Å². The summed E-state index contributed by atoms with van der Waals surface area (Å²) in [6, 6.07) is 1.43. The van der Waals surface area contributed by atoms with Crippen molar-refractivity contribution in [2.75, 3.05) is 17.8 Å². The number of nitrogens with zero attached hydrogens (tertiary/aromatic N) is 1. The zero-order valence-electron chi connectivity index (χ0n) is 9.28. The summed E-state index contributed by atoms with van der Waals surface area (Å²) in [5, 5.41) is 1.32. The fraction of sp³-hybridized carbons (Fsp3) is 0.222. The lowest BCUT2D eigenvalue weighted by molar-refractivity contribution is -0.167. The first-order valence-corrected chi connectivity index (χ1v) is 5.61. The van der Waals surface area contributed by atoms with Gasteiger partial charge in [-0.05, 0) is 12.1 Å². The zero-order valence-corrected chi connectivity index (χ0v) is 11.4. The van der Waals surface area contributed by atoms with Gasteiger partial charge in [0.25, 0.3) is 0 Å². The van der Waals surface area contributed by atoms with E-state index in [1.807, 2.05) is 0 Å². The Morgan fingerprint density at radius 2 is 1.89 bits per heavy atom. The second kappa shape index (κ2) is 5.86. The number of rotatable bonds is 3. The van der Waals surface area contributed by atoms with Gasteiger partial charge in [0.1, 0.15) is 5.69 Å². The molecule has 0 spiro atoms. The van der Waals surface area contributed by atoms with E-state index in [1.54, 1.807) is 22.9 Å². The smallest absolute Gasteiger partial charge is 0.316 e. The molecule has 0 aliphatic carbocycles. The topological polar surface area (TPSA) is 44.4 Å². The molecule has 0 aromatic heterocycles. The predicted octanol–water partition coefficient (Wildman–Crippen LogP) is 3.07. The van der Waals surface area contributed by atoms with E-state index in [1.165, 1.54) is 12.4 Å². The van der Waals surface area contributed by atoms with Crippen molar-refractivity contribution in [1.29, 1.82) is 0 Å². The van der Waals surface area contributed by atoms with Gasteiger partial charge >= 0.3 is 12.1 Å². The highest BCUT2D eigenvalue weighted by Crippen LogP contribution is 2.28. The Bertz CT molecular complexity index is 491.